The predicted molar refractivity (Wildman–Crippen MR) is 69.8 cm³/mol. The van der Waals surface area contributed by atoms with E-state index in [1.165, 1.54) is 6.08 Å². The summed E-state index contributed by atoms with van der Waals surface area (Å²) in [5.74, 6) is -0.617. The molecule has 1 fully saturated rings. The first-order valence-electron chi connectivity index (χ1n) is 6.22. The molecule has 0 spiro atoms. The third-order valence-electron chi connectivity index (χ3n) is 3.13. The van der Waals surface area contributed by atoms with Gasteiger partial charge in [0.1, 0.15) is 6.10 Å². The van der Waals surface area contributed by atoms with Crippen molar-refractivity contribution in [1.82, 2.24) is 0 Å². The Bertz CT molecular complexity index is 466. The smallest absolute Gasteiger partial charge is 0.338 e. The summed E-state index contributed by atoms with van der Waals surface area (Å²) in [5, 5.41) is 0. The van der Waals surface area contributed by atoms with Gasteiger partial charge in [-0.15, -0.1) is 0 Å². The molecular weight excluding hydrogens is 244 g/mol. The molecule has 4 nitrogen and oxygen atoms in total. The second-order valence-electron chi connectivity index (χ2n) is 4.41. The maximum absolute atomic E-state index is 11.8. The zero-order valence-corrected chi connectivity index (χ0v) is 10.6. The zero-order valence-electron chi connectivity index (χ0n) is 10.6. The standard InChI is InChI=1S/C15H16O4/c1-2-13(16)14-12(8-9-18-14)10-19-15(17)11-6-4-3-5-7-11/h2-7,12,14H,1,8-10H2/t12-,14+/m0/s1. The molecule has 0 N–H and O–H groups in total. The van der Waals surface area contributed by atoms with Gasteiger partial charge in [0.2, 0.25) is 0 Å². The van der Waals surface area contributed by atoms with Gasteiger partial charge in [0.15, 0.2) is 5.78 Å². The van der Waals surface area contributed by atoms with Gasteiger partial charge < -0.3 is 9.47 Å². The second-order valence-corrected chi connectivity index (χ2v) is 4.41. The Balaban J connectivity index is 1.90. The van der Waals surface area contributed by atoms with Crippen LogP contribution in [-0.4, -0.2) is 31.1 Å². The van der Waals surface area contributed by atoms with Crippen molar-refractivity contribution in [2.75, 3.05) is 13.2 Å². The third kappa shape index (κ3) is 3.29. The molecule has 0 amide bonds. The highest BCUT2D eigenvalue weighted by molar-refractivity contribution is 5.93. The Morgan fingerprint density at radius 2 is 2.11 bits per heavy atom. The van der Waals surface area contributed by atoms with Crippen molar-refractivity contribution >= 4 is 11.8 Å². The number of benzene rings is 1. The van der Waals surface area contributed by atoms with Gasteiger partial charge in [-0.1, -0.05) is 24.8 Å². The van der Waals surface area contributed by atoms with Gasteiger partial charge >= 0.3 is 5.97 Å². The van der Waals surface area contributed by atoms with Gasteiger partial charge in [0.05, 0.1) is 12.2 Å². The molecule has 2 atom stereocenters. The van der Waals surface area contributed by atoms with Crippen molar-refractivity contribution in [3.63, 3.8) is 0 Å². The number of ether oxygens (including phenoxy) is 2. The first-order valence-corrected chi connectivity index (χ1v) is 6.22. The first kappa shape index (κ1) is 13.5. The maximum atomic E-state index is 11.8. The molecule has 0 saturated carbocycles. The number of hydrogen-bond acceptors (Lipinski definition) is 4. The summed E-state index contributed by atoms with van der Waals surface area (Å²) >= 11 is 0. The van der Waals surface area contributed by atoms with Gasteiger partial charge in [0.25, 0.3) is 0 Å². The number of rotatable bonds is 5. The van der Waals surface area contributed by atoms with E-state index >= 15 is 0 Å². The van der Waals surface area contributed by atoms with Gasteiger partial charge in [-0.2, -0.15) is 0 Å². The minimum absolute atomic E-state index is 0.0850. The highest BCUT2D eigenvalue weighted by Crippen LogP contribution is 2.22. The normalized spacial score (nSPS) is 21.9. The molecule has 100 valence electrons. The lowest BCUT2D eigenvalue weighted by Gasteiger charge is -2.15. The van der Waals surface area contributed by atoms with E-state index in [4.69, 9.17) is 9.47 Å². The second kappa shape index (κ2) is 6.29. The molecule has 1 heterocycles. The highest BCUT2D eigenvalue weighted by Gasteiger charge is 2.33. The lowest BCUT2D eigenvalue weighted by atomic mass is 9.99. The van der Waals surface area contributed by atoms with Crippen LogP contribution in [0.1, 0.15) is 16.8 Å². The van der Waals surface area contributed by atoms with Gasteiger partial charge in [-0.25, -0.2) is 4.79 Å². The van der Waals surface area contributed by atoms with E-state index in [9.17, 15) is 9.59 Å². The maximum Gasteiger partial charge on any atom is 0.338 e. The molecule has 4 heteroatoms. The van der Waals surface area contributed by atoms with E-state index < -0.39 is 6.10 Å². The quantitative estimate of drug-likeness (QED) is 0.600. The van der Waals surface area contributed by atoms with E-state index in [0.717, 1.165) is 0 Å². The summed E-state index contributed by atoms with van der Waals surface area (Å²) in [5.41, 5.74) is 0.507. The fraction of sp³-hybridized carbons (Fsp3) is 0.333. The summed E-state index contributed by atoms with van der Waals surface area (Å²) in [6, 6.07) is 8.78. The minimum atomic E-state index is -0.527. The fourth-order valence-corrected chi connectivity index (χ4v) is 2.08. The Hall–Kier alpha value is -1.94. The molecule has 1 aromatic rings. The fourth-order valence-electron chi connectivity index (χ4n) is 2.08. The third-order valence-corrected chi connectivity index (χ3v) is 3.13. The number of hydrogen-bond donors (Lipinski definition) is 0. The van der Waals surface area contributed by atoms with E-state index in [1.54, 1.807) is 24.3 Å². The van der Waals surface area contributed by atoms with Crippen LogP contribution < -0.4 is 0 Å². The van der Waals surface area contributed by atoms with Gasteiger partial charge in [-0.05, 0) is 24.6 Å². The van der Waals surface area contributed by atoms with Crippen LogP contribution in [-0.2, 0) is 14.3 Å². The van der Waals surface area contributed by atoms with Crippen LogP contribution in [0, 0.1) is 5.92 Å². The number of esters is 1. The lowest BCUT2D eigenvalue weighted by molar-refractivity contribution is -0.125. The molecule has 1 aliphatic rings. The Morgan fingerprint density at radius 3 is 2.79 bits per heavy atom. The molecule has 0 bridgehead atoms. The van der Waals surface area contributed by atoms with Crippen molar-refractivity contribution in [2.45, 2.75) is 12.5 Å². The van der Waals surface area contributed by atoms with Gasteiger partial charge in [-0.3, -0.25) is 4.79 Å². The Kier molecular flexibility index (Phi) is 4.47. The van der Waals surface area contributed by atoms with Crippen molar-refractivity contribution in [2.24, 2.45) is 5.92 Å². The van der Waals surface area contributed by atoms with Crippen LogP contribution in [0.2, 0.25) is 0 Å². The van der Waals surface area contributed by atoms with Gasteiger partial charge in [0, 0.05) is 12.5 Å². The monoisotopic (exact) mass is 260 g/mol. The van der Waals surface area contributed by atoms with Crippen LogP contribution in [0.25, 0.3) is 0 Å². The average Bonchev–Trinajstić information content (AvgIpc) is 2.93. The number of carbonyl (C=O) groups is 2. The molecule has 0 aromatic heterocycles. The largest absolute Gasteiger partial charge is 0.462 e. The van der Waals surface area contributed by atoms with Crippen LogP contribution in [0.4, 0.5) is 0 Å². The highest BCUT2D eigenvalue weighted by atomic mass is 16.5. The Labute approximate surface area is 112 Å². The van der Waals surface area contributed by atoms with Crippen molar-refractivity contribution in [3.05, 3.63) is 48.6 Å². The summed E-state index contributed by atoms with van der Waals surface area (Å²) < 4.78 is 10.6. The SMILES string of the molecule is C=CC(=O)[C@@H]1OCC[C@H]1COC(=O)c1ccccc1. The molecule has 1 aromatic carbocycles. The first-order chi connectivity index (χ1) is 9.22. The molecule has 1 saturated heterocycles. The minimum Gasteiger partial charge on any atom is -0.462 e. The summed E-state index contributed by atoms with van der Waals surface area (Å²) in [4.78, 5) is 23.3. The Morgan fingerprint density at radius 1 is 1.37 bits per heavy atom. The molecular formula is C15H16O4. The van der Waals surface area contributed by atoms with Crippen molar-refractivity contribution in [1.29, 1.82) is 0 Å². The topological polar surface area (TPSA) is 52.6 Å². The molecule has 0 radical (unpaired) electrons. The molecule has 0 aliphatic carbocycles. The van der Waals surface area contributed by atoms with E-state index in [2.05, 4.69) is 6.58 Å². The predicted octanol–water partition coefficient (Wildman–Crippen LogP) is 2.00. The summed E-state index contributed by atoms with van der Waals surface area (Å²) in [6.45, 7) is 4.15. The van der Waals surface area contributed by atoms with Crippen molar-refractivity contribution < 1.29 is 19.1 Å². The zero-order chi connectivity index (χ0) is 13.7. The molecule has 0 unspecified atom stereocenters. The van der Waals surface area contributed by atoms with E-state index in [1.807, 2.05) is 6.07 Å². The molecule has 2 rings (SSSR count). The lowest BCUT2D eigenvalue weighted by Crippen LogP contribution is -2.29. The van der Waals surface area contributed by atoms with E-state index in [-0.39, 0.29) is 24.3 Å². The average molecular weight is 260 g/mol. The number of carbonyl (C=O) groups excluding carboxylic acids is 2. The van der Waals surface area contributed by atoms with E-state index in [0.29, 0.717) is 18.6 Å². The van der Waals surface area contributed by atoms with Crippen LogP contribution in [0.5, 0.6) is 0 Å². The molecule has 1 aliphatic heterocycles. The summed E-state index contributed by atoms with van der Waals surface area (Å²) in [7, 11) is 0. The van der Waals surface area contributed by atoms with Crippen LogP contribution in [0.15, 0.2) is 43.0 Å². The van der Waals surface area contributed by atoms with Crippen LogP contribution in [0.3, 0.4) is 0 Å². The molecule has 19 heavy (non-hydrogen) atoms. The van der Waals surface area contributed by atoms with Crippen molar-refractivity contribution in [3.8, 4) is 0 Å². The summed E-state index contributed by atoms with van der Waals surface area (Å²) in [6.07, 6.45) is 1.44. The van der Waals surface area contributed by atoms with Crippen LogP contribution >= 0.6 is 0 Å². The number of ketones is 1.